The van der Waals surface area contributed by atoms with Gasteiger partial charge in [-0.1, -0.05) is 62.2 Å². The first kappa shape index (κ1) is 29.6. The molecule has 0 spiro atoms. The first-order chi connectivity index (χ1) is 17.0. The van der Waals surface area contributed by atoms with E-state index in [1.54, 1.807) is 12.1 Å². The summed E-state index contributed by atoms with van der Waals surface area (Å²) in [4.78, 5) is 23.9. The van der Waals surface area contributed by atoms with Crippen molar-refractivity contribution in [2.45, 2.75) is 39.2 Å². The fourth-order valence-electron chi connectivity index (χ4n) is 3.87. The maximum Gasteiger partial charge on any atom is 0.306 e. The summed E-state index contributed by atoms with van der Waals surface area (Å²) in [5.74, 6) is -0.610. The van der Waals surface area contributed by atoms with Gasteiger partial charge in [0.05, 0.1) is 19.1 Å². The van der Waals surface area contributed by atoms with Crippen molar-refractivity contribution >= 4 is 41.4 Å². The Balaban J connectivity index is 0.00000456. The van der Waals surface area contributed by atoms with E-state index in [9.17, 15) is 19.8 Å². The second kappa shape index (κ2) is 15.5. The molecule has 0 saturated heterocycles. The Morgan fingerprint density at radius 3 is 2.31 bits per heavy atom. The van der Waals surface area contributed by atoms with E-state index < -0.39 is 5.97 Å². The molecule has 0 bridgehead atoms. The molecule has 3 N–H and O–H groups in total. The standard InChI is InChI=1S/C29H33NO5.Na/c1-2-3-6-26(29(33)34)18-21-8-14-27(15-9-21)35-17-16-30-28(32)24-12-10-23(11-13-24)25-7-4-5-22(19-25)20-31;/h4-5,7-15,19,26,31H,2-3,6,16-18,20H2,1H3,(H,30,32)(H,33,34);. The maximum atomic E-state index is 12.4. The largest absolute Gasteiger partial charge is 0.492 e. The van der Waals surface area contributed by atoms with Gasteiger partial charge in [-0.15, -0.1) is 0 Å². The molecule has 185 valence electrons. The normalized spacial score (nSPS) is 11.3. The smallest absolute Gasteiger partial charge is 0.306 e. The first-order valence-corrected chi connectivity index (χ1v) is 12.0. The summed E-state index contributed by atoms with van der Waals surface area (Å²) in [5, 5.41) is 21.6. The number of amides is 1. The Kier molecular flexibility index (Phi) is 12.7. The molecule has 0 aromatic heterocycles. The summed E-state index contributed by atoms with van der Waals surface area (Å²) in [5.41, 5.74) is 4.34. The van der Waals surface area contributed by atoms with Crippen LogP contribution in [0, 0.1) is 5.92 Å². The number of benzene rings is 3. The SMILES string of the molecule is CCCCC(Cc1ccc(OCCNC(=O)c2ccc(-c3cccc(CO)c3)cc2)cc1)C(=O)O.[Na]. The number of hydrogen-bond acceptors (Lipinski definition) is 4. The van der Waals surface area contributed by atoms with Crippen molar-refractivity contribution < 1.29 is 24.5 Å². The van der Waals surface area contributed by atoms with Crippen LogP contribution < -0.4 is 10.1 Å². The topological polar surface area (TPSA) is 95.9 Å². The second-order valence-electron chi connectivity index (χ2n) is 8.57. The first-order valence-electron chi connectivity index (χ1n) is 12.0. The summed E-state index contributed by atoms with van der Waals surface area (Å²) in [7, 11) is 0. The van der Waals surface area contributed by atoms with Gasteiger partial charge in [-0.25, -0.2) is 0 Å². The number of ether oxygens (including phenoxy) is 1. The molecule has 1 amide bonds. The molecule has 0 heterocycles. The van der Waals surface area contributed by atoms with Gasteiger partial charge in [-0.05, 0) is 65.4 Å². The van der Waals surface area contributed by atoms with Crippen molar-refractivity contribution in [3.8, 4) is 16.9 Å². The van der Waals surface area contributed by atoms with E-state index in [-0.39, 0.29) is 48.0 Å². The van der Waals surface area contributed by atoms with E-state index in [1.807, 2.05) is 60.7 Å². The second-order valence-corrected chi connectivity index (χ2v) is 8.57. The number of nitrogens with one attached hydrogen (secondary N) is 1. The monoisotopic (exact) mass is 498 g/mol. The van der Waals surface area contributed by atoms with Crippen LogP contribution in [0.4, 0.5) is 0 Å². The van der Waals surface area contributed by atoms with Crippen LogP contribution in [0.2, 0.25) is 0 Å². The number of carbonyl (C=O) groups excluding carboxylic acids is 1. The van der Waals surface area contributed by atoms with Crippen molar-refractivity contribution in [1.82, 2.24) is 5.32 Å². The summed E-state index contributed by atoms with van der Waals surface area (Å²) in [6, 6.07) is 22.5. The van der Waals surface area contributed by atoms with Crippen molar-refractivity contribution in [2.24, 2.45) is 5.92 Å². The Hall–Kier alpha value is -2.64. The Bertz CT molecular complexity index is 1100. The van der Waals surface area contributed by atoms with Gasteiger partial charge in [0.2, 0.25) is 0 Å². The fraction of sp³-hybridized carbons (Fsp3) is 0.310. The van der Waals surface area contributed by atoms with Gasteiger partial charge in [0, 0.05) is 35.1 Å². The number of aliphatic carboxylic acids is 1. The van der Waals surface area contributed by atoms with Gasteiger partial charge in [-0.2, -0.15) is 0 Å². The molecule has 6 nitrogen and oxygen atoms in total. The molecule has 7 heteroatoms. The van der Waals surface area contributed by atoms with Crippen molar-refractivity contribution in [2.75, 3.05) is 13.2 Å². The summed E-state index contributed by atoms with van der Waals surface area (Å²) < 4.78 is 5.71. The van der Waals surface area contributed by atoms with Crippen LogP contribution in [0.1, 0.15) is 47.7 Å². The van der Waals surface area contributed by atoms with Crippen molar-refractivity contribution in [1.29, 1.82) is 0 Å². The number of aliphatic hydroxyl groups excluding tert-OH is 1. The predicted octanol–water partition coefficient (Wildman–Crippen LogP) is 4.71. The Labute approximate surface area is 235 Å². The molecule has 0 aliphatic heterocycles. The van der Waals surface area contributed by atoms with Crippen LogP contribution in [0.25, 0.3) is 11.1 Å². The van der Waals surface area contributed by atoms with Gasteiger partial charge in [0.15, 0.2) is 0 Å². The van der Waals surface area contributed by atoms with Gasteiger partial charge in [0.1, 0.15) is 12.4 Å². The third kappa shape index (κ3) is 9.10. The van der Waals surface area contributed by atoms with Gasteiger partial charge in [0.25, 0.3) is 5.91 Å². The van der Waals surface area contributed by atoms with E-state index in [0.717, 1.165) is 35.1 Å². The summed E-state index contributed by atoms with van der Waals surface area (Å²) in [6.45, 7) is 2.73. The predicted molar refractivity (Wildman–Crippen MR) is 142 cm³/mol. The van der Waals surface area contributed by atoms with Crippen LogP contribution in [0.3, 0.4) is 0 Å². The third-order valence-corrected chi connectivity index (χ3v) is 5.91. The van der Waals surface area contributed by atoms with Crippen molar-refractivity contribution in [3.63, 3.8) is 0 Å². The van der Waals surface area contributed by atoms with E-state index in [4.69, 9.17) is 4.74 Å². The average molecular weight is 499 g/mol. The van der Waals surface area contributed by atoms with E-state index in [2.05, 4.69) is 12.2 Å². The minimum Gasteiger partial charge on any atom is -0.492 e. The number of carbonyl (C=O) groups is 2. The summed E-state index contributed by atoms with van der Waals surface area (Å²) >= 11 is 0. The minimum absolute atomic E-state index is 0. The molecular formula is C29H33NNaO5. The molecule has 1 atom stereocenters. The zero-order chi connectivity index (χ0) is 25.0. The zero-order valence-electron chi connectivity index (χ0n) is 21.1. The van der Waals surface area contributed by atoms with Crippen LogP contribution in [-0.2, 0) is 17.8 Å². The van der Waals surface area contributed by atoms with E-state index in [0.29, 0.717) is 37.3 Å². The maximum absolute atomic E-state index is 12.4. The Morgan fingerprint density at radius 2 is 1.67 bits per heavy atom. The number of aliphatic hydroxyl groups is 1. The molecule has 36 heavy (non-hydrogen) atoms. The van der Waals surface area contributed by atoms with Crippen LogP contribution >= 0.6 is 0 Å². The van der Waals surface area contributed by atoms with Crippen molar-refractivity contribution in [3.05, 3.63) is 89.5 Å². The molecular weight excluding hydrogens is 465 g/mol. The number of hydrogen-bond donors (Lipinski definition) is 3. The van der Waals surface area contributed by atoms with Crippen LogP contribution in [-0.4, -0.2) is 64.8 Å². The number of rotatable bonds is 13. The number of unbranched alkanes of at least 4 members (excludes halogenated alkanes) is 1. The quantitative estimate of drug-likeness (QED) is 0.234. The Morgan fingerprint density at radius 1 is 0.944 bits per heavy atom. The molecule has 0 aliphatic carbocycles. The summed E-state index contributed by atoms with van der Waals surface area (Å²) in [6.07, 6.45) is 3.09. The zero-order valence-corrected chi connectivity index (χ0v) is 23.1. The fourth-order valence-corrected chi connectivity index (χ4v) is 3.87. The third-order valence-electron chi connectivity index (χ3n) is 5.91. The van der Waals surface area contributed by atoms with E-state index >= 15 is 0 Å². The van der Waals surface area contributed by atoms with Gasteiger partial charge in [-0.3, -0.25) is 9.59 Å². The minimum atomic E-state index is -0.750. The molecule has 0 aliphatic rings. The number of carboxylic acids is 1. The van der Waals surface area contributed by atoms with Gasteiger partial charge >= 0.3 is 5.97 Å². The molecule has 3 rings (SSSR count). The molecule has 3 aromatic carbocycles. The molecule has 0 saturated carbocycles. The van der Waals surface area contributed by atoms with Crippen LogP contribution in [0.5, 0.6) is 5.75 Å². The molecule has 1 unspecified atom stereocenters. The molecule has 3 aromatic rings. The molecule has 0 fully saturated rings. The average Bonchev–Trinajstić information content (AvgIpc) is 2.89. The number of carboxylic acid groups (broad SMARTS) is 1. The van der Waals surface area contributed by atoms with E-state index in [1.165, 1.54) is 0 Å². The van der Waals surface area contributed by atoms with Crippen LogP contribution in [0.15, 0.2) is 72.8 Å². The molecule has 1 radical (unpaired) electrons. The van der Waals surface area contributed by atoms with Gasteiger partial charge < -0.3 is 20.3 Å².